The van der Waals surface area contributed by atoms with Gasteiger partial charge >= 0.3 is 23.9 Å². The van der Waals surface area contributed by atoms with Gasteiger partial charge in [-0.05, 0) is 115 Å². The number of esters is 2. The molecule has 0 bridgehead atoms. The predicted molar refractivity (Wildman–Crippen MR) is 282 cm³/mol. The molecular weight excluding hydrogens is 885 g/mol. The third kappa shape index (κ3) is 22.0. The monoisotopic (exact) mass is 972 g/mol. The summed E-state index contributed by atoms with van der Waals surface area (Å²) in [5, 5.41) is 35.1. The fraction of sp³-hybridized carbons (Fsp3) is 0.483. The Morgan fingerprint density at radius 2 is 0.900 bits per heavy atom. The standard InChI is InChI=1S/2C26H37NO3.C4H4O4.2CH4/c2*1-18(2)26(29)30-25-13-12-21(17-28)16-24(25)23(22-10-8-7-9-11-22)14-15-27(19(3)4)20(5)6;5-3(6)1-2-4(7)8;;/h2*7-13,16,18-20,23,28H,14-15,17H2,1-6H3;1-2H,(H,5,6)(H,7,8);2*1H4/p+1/b;;2-1+;;/t2*23-;;;/m00.../s1. The molecule has 0 saturated carbocycles. The highest BCUT2D eigenvalue weighted by atomic mass is 16.5. The van der Waals surface area contributed by atoms with Gasteiger partial charge in [-0.3, -0.25) is 14.5 Å². The molecule has 12 nitrogen and oxygen atoms in total. The van der Waals surface area contributed by atoms with E-state index in [1.165, 1.54) is 11.1 Å². The Morgan fingerprint density at radius 3 is 1.20 bits per heavy atom. The molecule has 12 heteroatoms. The number of quaternary nitrogens is 1. The lowest BCUT2D eigenvalue weighted by Crippen LogP contribution is -3.17. The number of hydrogen-bond acceptors (Lipinski definition) is 9. The number of nitrogens with zero attached hydrogens (tertiary/aromatic N) is 1. The Kier molecular flexibility index (Phi) is 30.4. The van der Waals surface area contributed by atoms with Gasteiger partial charge < -0.3 is 34.8 Å². The normalized spacial score (nSPS) is 12.0. The highest BCUT2D eigenvalue weighted by Crippen LogP contribution is 2.37. The van der Waals surface area contributed by atoms with E-state index < -0.39 is 11.9 Å². The fourth-order valence-electron chi connectivity index (χ4n) is 8.04. The number of aliphatic carboxylic acids is 2. The minimum absolute atomic E-state index is 0. The second kappa shape index (κ2) is 33.0. The molecule has 4 aromatic rings. The molecule has 0 amide bonds. The van der Waals surface area contributed by atoms with Crippen LogP contribution in [0.3, 0.4) is 0 Å². The zero-order chi connectivity index (χ0) is 51.1. The number of carbonyl (C=O) groups is 4. The predicted octanol–water partition coefficient (Wildman–Crippen LogP) is 10.3. The molecule has 388 valence electrons. The molecular formula is C58H87N2O10+. The number of carboxylic acid groups (broad SMARTS) is 2. The number of benzene rings is 4. The zero-order valence-electron chi connectivity index (χ0n) is 42.4. The zero-order valence-corrected chi connectivity index (χ0v) is 42.4. The van der Waals surface area contributed by atoms with E-state index in [9.17, 15) is 29.4 Å². The maximum atomic E-state index is 12.3. The highest BCUT2D eigenvalue weighted by Gasteiger charge is 2.27. The Hall–Kier alpha value is -5.66. The summed E-state index contributed by atoms with van der Waals surface area (Å²) in [6, 6.07) is 34.0. The second-order valence-electron chi connectivity index (χ2n) is 18.8. The van der Waals surface area contributed by atoms with Crippen molar-refractivity contribution in [3.05, 3.63) is 143 Å². The van der Waals surface area contributed by atoms with Crippen LogP contribution in [0.15, 0.2) is 109 Å². The molecule has 0 aromatic heterocycles. The lowest BCUT2D eigenvalue weighted by molar-refractivity contribution is -0.942. The summed E-state index contributed by atoms with van der Waals surface area (Å²) in [5.74, 6) is -2.08. The summed E-state index contributed by atoms with van der Waals surface area (Å²) in [6.45, 7) is 27.1. The molecule has 0 radical (unpaired) electrons. The minimum Gasteiger partial charge on any atom is -0.478 e. The van der Waals surface area contributed by atoms with Crippen molar-refractivity contribution in [2.75, 3.05) is 13.1 Å². The smallest absolute Gasteiger partial charge is 0.328 e. The van der Waals surface area contributed by atoms with Gasteiger partial charge in [-0.15, -0.1) is 0 Å². The lowest BCUT2D eigenvalue weighted by Gasteiger charge is -2.32. The van der Waals surface area contributed by atoms with Crippen LogP contribution < -0.4 is 14.4 Å². The van der Waals surface area contributed by atoms with Gasteiger partial charge in [-0.1, -0.05) is 115 Å². The number of carboxylic acids is 2. The van der Waals surface area contributed by atoms with Crippen molar-refractivity contribution in [2.24, 2.45) is 11.8 Å². The molecule has 0 heterocycles. The minimum atomic E-state index is -1.26. The lowest BCUT2D eigenvalue weighted by atomic mass is 9.86. The van der Waals surface area contributed by atoms with Gasteiger partial charge in [0.15, 0.2) is 0 Å². The van der Waals surface area contributed by atoms with Crippen molar-refractivity contribution < 1.29 is 54.0 Å². The SMILES string of the molecule is C.C.CC(C)C(=O)Oc1ccc(CO)cc1[C@@H](CCN(C(C)C)C(C)C)c1ccccc1.CC(C)C(=O)Oc1ccc(CO)cc1[C@@H](CC[NH+](C(C)C)C(C)C)c1ccccc1.O=C(O)/C=C/C(=O)O. The molecule has 0 aliphatic rings. The maximum absolute atomic E-state index is 12.3. The van der Waals surface area contributed by atoms with Gasteiger partial charge in [-0.25, -0.2) is 9.59 Å². The number of ether oxygens (including phenoxy) is 2. The number of aliphatic hydroxyl groups is 2. The maximum Gasteiger partial charge on any atom is 0.328 e. The molecule has 4 aromatic carbocycles. The average molecular weight is 972 g/mol. The number of aliphatic hydroxyl groups excluding tert-OH is 2. The second-order valence-corrected chi connectivity index (χ2v) is 18.8. The first-order valence-corrected chi connectivity index (χ1v) is 23.9. The van der Waals surface area contributed by atoms with Crippen LogP contribution in [0.1, 0.15) is 156 Å². The largest absolute Gasteiger partial charge is 0.478 e. The van der Waals surface area contributed by atoms with E-state index in [2.05, 4.69) is 84.6 Å². The Labute approximate surface area is 420 Å². The van der Waals surface area contributed by atoms with Crippen molar-refractivity contribution in [1.82, 2.24) is 4.90 Å². The van der Waals surface area contributed by atoms with Gasteiger partial charge in [0.1, 0.15) is 11.5 Å². The molecule has 5 N–H and O–H groups in total. The Balaban J connectivity index is 0.00000115. The topological polar surface area (TPSA) is 175 Å². The summed E-state index contributed by atoms with van der Waals surface area (Å²) < 4.78 is 11.6. The van der Waals surface area contributed by atoms with Crippen LogP contribution in [0.4, 0.5) is 0 Å². The third-order valence-electron chi connectivity index (χ3n) is 11.6. The van der Waals surface area contributed by atoms with Crippen molar-refractivity contribution >= 4 is 23.9 Å². The number of carbonyl (C=O) groups excluding carboxylic acids is 2. The first kappa shape index (κ1) is 64.3. The van der Waals surface area contributed by atoms with Crippen molar-refractivity contribution in [1.29, 1.82) is 0 Å². The van der Waals surface area contributed by atoms with E-state index >= 15 is 0 Å². The van der Waals surface area contributed by atoms with Crippen molar-refractivity contribution in [3.8, 4) is 11.5 Å². The van der Waals surface area contributed by atoms with E-state index in [1.54, 1.807) is 4.90 Å². The van der Waals surface area contributed by atoms with Crippen LogP contribution in [0.2, 0.25) is 0 Å². The fourth-order valence-corrected chi connectivity index (χ4v) is 8.04. The first-order valence-electron chi connectivity index (χ1n) is 23.9. The summed E-state index contributed by atoms with van der Waals surface area (Å²) >= 11 is 0. The molecule has 4 rings (SSSR count). The summed E-state index contributed by atoms with van der Waals surface area (Å²) in [6.07, 6.45) is 2.93. The molecule has 0 unspecified atom stereocenters. The quantitative estimate of drug-likeness (QED) is 0.0288. The van der Waals surface area contributed by atoms with Gasteiger partial charge in [0.2, 0.25) is 0 Å². The summed E-state index contributed by atoms with van der Waals surface area (Å²) in [4.78, 5) is 47.8. The molecule has 0 aliphatic carbocycles. The van der Waals surface area contributed by atoms with Crippen LogP contribution in [0.25, 0.3) is 0 Å². The van der Waals surface area contributed by atoms with Crippen LogP contribution >= 0.6 is 0 Å². The van der Waals surface area contributed by atoms with Crippen molar-refractivity contribution in [3.63, 3.8) is 0 Å². The van der Waals surface area contributed by atoms with E-state index in [0.717, 1.165) is 48.2 Å². The van der Waals surface area contributed by atoms with Gasteiger partial charge in [-0.2, -0.15) is 0 Å². The number of nitrogens with one attached hydrogen (secondary N) is 1. The first-order chi connectivity index (χ1) is 32.1. The van der Waals surface area contributed by atoms with Gasteiger partial charge in [0.25, 0.3) is 0 Å². The molecule has 0 spiro atoms. The number of hydrogen-bond donors (Lipinski definition) is 5. The summed E-state index contributed by atoms with van der Waals surface area (Å²) in [7, 11) is 0. The van der Waals surface area contributed by atoms with Crippen LogP contribution in [-0.2, 0) is 32.4 Å². The van der Waals surface area contributed by atoms with E-state index in [4.69, 9.17) is 19.7 Å². The van der Waals surface area contributed by atoms with Crippen LogP contribution in [-0.4, -0.2) is 86.5 Å². The van der Waals surface area contributed by atoms with E-state index in [1.807, 2.05) is 100 Å². The van der Waals surface area contributed by atoms with Gasteiger partial charge in [0, 0.05) is 53.6 Å². The van der Waals surface area contributed by atoms with Gasteiger partial charge in [0.05, 0.1) is 43.7 Å². The molecule has 0 saturated heterocycles. The van der Waals surface area contributed by atoms with Crippen molar-refractivity contribution in [2.45, 2.75) is 160 Å². The summed E-state index contributed by atoms with van der Waals surface area (Å²) in [5.41, 5.74) is 5.94. The number of rotatable bonds is 22. The van der Waals surface area contributed by atoms with Crippen LogP contribution in [0.5, 0.6) is 11.5 Å². The Morgan fingerprint density at radius 1 is 0.543 bits per heavy atom. The Bertz CT molecular complexity index is 2000. The van der Waals surface area contributed by atoms with E-state index in [-0.39, 0.29) is 63.7 Å². The van der Waals surface area contributed by atoms with Crippen LogP contribution in [0, 0.1) is 11.8 Å². The average Bonchev–Trinajstić information content (AvgIpc) is 3.29. The highest BCUT2D eigenvalue weighted by molar-refractivity contribution is 5.89. The molecule has 0 aliphatic heterocycles. The molecule has 70 heavy (non-hydrogen) atoms. The third-order valence-corrected chi connectivity index (χ3v) is 11.6. The van der Waals surface area contributed by atoms with E-state index in [0.29, 0.717) is 47.8 Å². The molecule has 2 atom stereocenters. The molecule has 0 fully saturated rings.